The van der Waals surface area contributed by atoms with E-state index in [2.05, 4.69) is 10.3 Å². The summed E-state index contributed by atoms with van der Waals surface area (Å²) in [5.74, 6) is 1.32. The second-order valence-electron chi connectivity index (χ2n) is 3.76. The van der Waals surface area contributed by atoms with E-state index in [1.165, 1.54) is 0 Å². The molecule has 3 N–H and O–H groups in total. The molecular weight excluding hydrogens is 282 g/mol. The van der Waals surface area contributed by atoms with Crippen molar-refractivity contribution in [2.75, 3.05) is 12.4 Å². The number of hydrogen-bond donors (Lipinski definition) is 2. The molecule has 0 amide bonds. The standard InChI is InChI=1S/C13H12ClN3OS/c1-18-9-2-3-10(14)11(7-9)17-12-6-8(13(15)19)4-5-16-12/h2-7H,1H3,(H2,15,19)(H,16,17). The van der Waals surface area contributed by atoms with Gasteiger partial charge in [0.1, 0.15) is 16.6 Å². The van der Waals surface area contributed by atoms with E-state index in [0.717, 1.165) is 5.56 Å². The zero-order valence-corrected chi connectivity index (χ0v) is 11.8. The molecule has 1 aromatic carbocycles. The monoisotopic (exact) mass is 293 g/mol. The summed E-state index contributed by atoms with van der Waals surface area (Å²) in [6.45, 7) is 0. The molecule has 98 valence electrons. The molecule has 2 rings (SSSR count). The first-order valence-electron chi connectivity index (χ1n) is 5.46. The smallest absolute Gasteiger partial charge is 0.131 e. The van der Waals surface area contributed by atoms with Gasteiger partial charge in [0, 0.05) is 17.8 Å². The maximum atomic E-state index is 6.11. The van der Waals surface area contributed by atoms with Gasteiger partial charge in [0.05, 0.1) is 17.8 Å². The third kappa shape index (κ3) is 3.33. The molecule has 1 heterocycles. The summed E-state index contributed by atoms with van der Waals surface area (Å²) >= 11 is 11.0. The summed E-state index contributed by atoms with van der Waals surface area (Å²) in [6, 6.07) is 8.84. The van der Waals surface area contributed by atoms with Gasteiger partial charge in [-0.25, -0.2) is 4.98 Å². The Labute approximate surface area is 121 Å². The average Bonchev–Trinajstić information content (AvgIpc) is 2.41. The van der Waals surface area contributed by atoms with E-state index in [1.54, 1.807) is 43.6 Å². The fourth-order valence-corrected chi connectivity index (χ4v) is 1.81. The number of ether oxygens (including phenoxy) is 1. The van der Waals surface area contributed by atoms with Crippen LogP contribution in [0.5, 0.6) is 5.75 Å². The summed E-state index contributed by atoms with van der Waals surface area (Å²) in [4.78, 5) is 4.51. The number of anilines is 2. The van der Waals surface area contributed by atoms with Gasteiger partial charge in [-0.2, -0.15) is 0 Å². The minimum Gasteiger partial charge on any atom is -0.497 e. The SMILES string of the molecule is COc1ccc(Cl)c(Nc2cc(C(N)=S)ccn2)c1. The Morgan fingerprint density at radius 2 is 2.16 bits per heavy atom. The Kier molecular flexibility index (Phi) is 4.19. The molecule has 19 heavy (non-hydrogen) atoms. The van der Waals surface area contributed by atoms with Crippen LogP contribution in [0, 0.1) is 0 Å². The summed E-state index contributed by atoms with van der Waals surface area (Å²) in [5.41, 5.74) is 7.03. The molecule has 0 unspecified atom stereocenters. The molecule has 0 spiro atoms. The molecule has 0 atom stereocenters. The summed E-state index contributed by atoms with van der Waals surface area (Å²) < 4.78 is 5.15. The van der Waals surface area contributed by atoms with E-state index < -0.39 is 0 Å². The van der Waals surface area contributed by atoms with Crippen molar-refractivity contribution in [3.05, 3.63) is 47.1 Å². The number of nitrogens with one attached hydrogen (secondary N) is 1. The third-order valence-corrected chi connectivity index (χ3v) is 3.05. The van der Waals surface area contributed by atoms with E-state index >= 15 is 0 Å². The number of nitrogens with zero attached hydrogens (tertiary/aromatic N) is 1. The van der Waals surface area contributed by atoms with Gasteiger partial charge in [-0.1, -0.05) is 23.8 Å². The van der Waals surface area contributed by atoms with Crippen LogP contribution in [0.25, 0.3) is 0 Å². The van der Waals surface area contributed by atoms with E-state index in [-0.39, 0.29) is 0 Å². The van der Waals surface area contributed by atoms with Crippen molar-refractivity contribution >= 4 is 40.3 Å². The van der Waals surface area contributed by atoms with Gasteiger partial charge in [-0.3, -0.25) is 0 Å². The highest BCUT2D eigenvalue weighted by Gasteiger charge is 2.05. The van der Waals surface area contributed by atoms with E-state index in [9.17, 15) is 0 Å². The normalized spacial score (nSPS) is 10.0. The number of nitrogens with two attached hydrogens (primary N) is 1. The van der Waals surface area contributed by atoms with Crippen LogP contribution in [-0.2, 0) is 0 Å². The topological polar surface area (TPSA) is 60.2 Å². The fraction of sp³-hybridized carbons (Fsp3) is 0.0769. The highest BCUT2D eigenvalue weighted by Crippen LogP contribution is 2.28. The molecule has 2 aromatic rings. The fourth-order valence-electron chi connectivity index (χ4n) is 1.52. The third-order valence-electron chi connectivity index (χ3n) is 2.48. The van der Waals surface area contributed by atoms with Gasteiger partial charge in [-0.05, 0) is 24.3 Å². The van der Waals surface area contributed by atoms with Crippen LogP contribution in [0.4, 0.5) is 11.5 Å². The van der Waals surface area contributed by atoms with Gasteiger partial charge >= 0.3 is 0 Å². The van der Waals surface area contributed by atoms with Gasteiger partial charge in [0.15, 0.2) is 0 Å². The Bertz CT molecular complexity index is 619. The number of hydrogen-bond acceptors (Lipinski definition) is 4. The van der Waals surface area contributed by atoms with Gasteiger partial charge in [0.25, 0.3) is 0 Å². The molecule has 0 aliphatic carbocycles. The van der Waals surface area contributed by atoms with Crippen molar-refractivity contribution in [2.24, 2.45) is 5.73 Å². The highest BCUT2D eigenvalue weighted by molar-refractivity contribution is 7.80. The largest absolute Gasteiger partial charge is 0.497 e. The Balaban J connectivity index is 2.30. The molecule has 0 saturated heterocycles. The van der Waals surface area contributed by atoms with Gasteiger partial charge in [-0.15, -0.1) is 0 Å². The Morgan fingerprint density at radius 1 is 1.37 bits per heavy atom. The number of benzene rings is 1. The summed E-state index contributed by atoms with van der Waals surface area (Å²) in [6.07, 6.45) is 1.63. The molecular formula is C13H12ClN3OS. The van der Waals surface area contributed by atoms with Crippen LogP contribution < -0.4 is 15.8 Å². The van der Waals surface area contributed by atoms with Crippen molar-refractivity contribution in [2.45, 2.75) is 0 Å². The van der Waals surface area contributed by atoms with Crippen LogP contribution in [0.1, 0.15) is 5.56 Å². The van der Waals surface area contributed by atoms with Crippen LogP contribution >= 0.6 is 23.8 Å². The quantitative estimate of drug-likeness (QED) is 0.848. The van der Waals surface area contributed by atoms with Crippen LogP contribution in [-0.4, -0.2) is 17.1 Å². The minimum atomic E-state index is 0.321. The number of rotatable bonds is 4. The van der Waals surface area contributed by atoms with Gasteiger partial charge < -0.3 is 15.8 Å². The summed E-state index contributed by atoms with van der Waals surface area (Å²) in [5, 5.41) is 3.68. The van der Waals surface area contributed by atoms with E-state index in [0.29, 0.717) is 27.3 Å². The molecule has 0 aliphatic rings. The first-order chi connectivity index (χ1) is 9.10. The molecule has 1 aromatic heterocycles. The maximum absolute atomic E-state index is 6.11. The Hall–Kier alpha value is -1.85. The van der Waals surface area contributed by atoms with Crippen molar-refractivity contribution < 1.29 is 4.74 Å². The lowest BCUT2D eigenvalue weighted by atomic mass is 10.2. The first-order valence-corrected chi connectivity index (χ1v) is 6.25. The highest BCUT2D eigenvalue weighted by atomic mass is 35.5. The number of pyridine rings is 1. The lowest BCUT2D eigenvalue weighted by Gasteiger charge is -2.10. The zero-order chi connectivity index (χ0) is 13.8. The van der Waals surface area contributed by atoms with E-state index in [4.69, 9.17) is 34.3 Å². The molecule has 0 bridgehead atoms. The Morgan fingerprint density at radius 3 is 2.84 bits per heavy atom. The number of methoxy groups -OCH3 is 1. The molecule has 0 aliphatic heterocycles. The van der Waals surface area contributed by atoms with Crippen molar-refractivity contribution in [3.63, 3.8) is 0 Å². The van der Waals surface area contributed by atoms with Crippen LogP contribution in [0.2, 0.25) is 5.02 Å². The first kappa shape index (κ1) is 13.6. The predicted octanol–water partition coefficient (Wildman–Crippen LogP) is 3.12. The predicted molar refractivity (Wildman–Crippen MR) is 81.4 cm³/mol. The van der Waals surface area contributed by atoms with Gasteiger partial charge in [0.2, 0.25) is 0 Å². The summed E-state index contributed by atoms with van der Waals surface area (Å²) in [7, 11) is 1.60. The number of aromatic nitrogens is 1. The number of halogens is 1. The van der Waals surface area contributed by atoms with Crippen molar-refractivity contribution in [1.29, 1.82) is 0 Å². The molecule has 0 saturated carbocycles. The lowest BCUT2D eigenvalue weighted by molar-refractivity contribution is 0.415. The van der Waals surface area contributed by atoms with Crippen LogP contribution in [0.3, 0.4) is 0 Å². The molecule has 0 fully saturated rings. The molecule has 0 radical (unpaired) electrons. The lowest BCUT2D eigenvalue weighted by Crippen LogP contribution is -2.09. The van der Waals surface area contributed by atoms with Crippen molar-refractivity contribution in [3.8, 4) is 5.75 Å². The molecule has 4 nitrogen and oxygen atoms in total. The second kappa shape index (κ2) is 5.86. The molecule has 6 heteroatoms. The minimum absolute atomic E-state index is 0.321. The number of thiocarbonyl (C=S) groups is 1. The zero-order valence-electron chi connectivity index (χ0n) is 10.2. The van der Waals surface area contributed by atoms with Crippen LogP contribution in [0.15, 0.2) is 36.5 Å². The second-order valence-corrected chi connectivity index (χ2v) is 4.61. The maximum Gasteiger partial charge on any atom is 0.131 e. The average molecular weight is 294 g/mol. The van der Waals surface area contributed by atoms with Crippen molar-refractivity contribution in [1.82, 2.24) is 4.98 Å². The van der Waals surface area contributed by atoms with E-state index in [1.807, 2.05) is 0 Å².